The number of aryl methyl sites for hydroxylation is 1. The maximum atomic E-state index is 2.77. The summed E-state index contributed by atoms with van der Waals surface area (Å²) in [4.78, 5) is 2.77. The van der Waals surface area contributed by atoms with Crippen LogP contribution in [0.4, 0.5) is 0 Å². The molecule has 1 saturated heterocycles. The van der Waals surface area contributed by atoms with Crippen molar-refractivity contribution in [2.75, 3.05) is 19.6 Å². The highest BCUT2D eigenvalue weighted by Crippen LogP contribution is 2.50. The first kappa shape index (κ1) is 18.0. The number of piperidine rings is 1. The average molecular weight is 328 g/mol. The van der Waals surface area contributed by atoms with Crippen LogP contribution in [0.1, 0.15) is 75.8 Å². The molecule has 0 spiro atoms. The van der Waals surface area contributed by atoms with Crippen LogP contribution in [-0.4, -0.2) is 24.5 Å². The van der Waals surface area contributed by atoms with Gasteiger partial charge in [-0.2, -0.15) is 0 Å². The van der Waals surface area contributed by atoms with Gasteiger partial charge in [0.05, 0.1) is 0 Å². The lowest BCUT2D eigenvalue weighted by molar-refractivity contribution is -0.00919. The molecule has 0 aromatic heterocycles. The first-order valence-electron chi connectivity index (χ1n) is 10.5. The number of fused-ring (bicyclic) bond motifs is 1. The zero-order chi connectivity index (χ0) is 16.8. The second-order valence-electron chi connectivity index (χ2n) is 8.55. The number of unbranched alkanes of at least 4 members (excludes halogenated alkanes) is 2. The molecule has 2 atom stereocenters. The molecule has 134 valence electrons. The largest absolute Gasteiger partial charge is 0.303 e. The summed E-state index contributed by atoms with van der Waals surface area (Å²) in [5, 5.41) is 0. The Morgan fingerprint density at radius 3 is 2.71 bits per heavy atom. The number of benzene rings is 1. The molecular weight excluding hydrogens is 290 g/mol. The van der Waals surface area contributed by atoms with Gasteiger partial charge in [0, 0.05) is 13.1 Å². The van der Waals surface area contributed by atoms with Gasteiger partial charge in [0.15, 0.2) is 0 Å². The second kappa shape index (κ2) is 8.52. The third-order valence-electron chi connectivity index (χ3n) is 6.86. The second-order valence-corrected chi connectivity index (χ2v) is 8.55. The Labute approximate surface area is 149 Å². The fraction of sp³-hybridized carbons (Fsp3) is 0.739. The van der Waals surface area contributed by atoms with Gasteiger partial charge in [-0.05, 0) is 62.5 Å². The third-order valence-corrected chi connectivity index (χ3v) is 6.86. The Hall–Kier alpha value is -0.820. The van der Waals surface area contributed by atoms with Crippen molar-refractivity contribution in [2.45, 2.75) is 78.1 Å². The van der Waals surface area contributed by atoms with E-state index in [0.717, 1.165) is 5.92 Å². The van der Waals surface area contributed by atoms with Gasteiger partial charge in [-0.3, -0.25) is 0 Å². The van der Waals surface area contributed by atoms with Crippen LogP contribution in [0, 0.1) is 18.3 Å². The molecule has 1 saturated carbocycles. The van der Waals surface area contributed by atoms with E-state index in [2.05, 4.69) is 43.0 Å². The molecule has 0 unspecified atom stereocenters. The standard InChI is InChI=1S/C23H37N/c1-3-4-6-14-23-15-7-5-8-22(23)19-24(18-16-23)17-13-21-11-9-20(2)10-12-21/h9-12,22H,3-8,13-19H2,1-2H3/t22-,23-/m1/s1. The molecule has 0 radical (unpaired) electrons. The third kappa shape index (κ3) is 4.42. The quantitative estimate of drug-likeness (QED) is 0.555. The number of hydrogen-bond acceptors (Lipinski definition) is 1. The number of hydrogen-bond donors (Lipinski definition) is 0. The summed E-state index contributed by atoms with van der Waals surface area (Å²) in [5.74, 6) is 0.981. The minimum atomic E-state index is 0.716. The van der Waals surface area contributed by atoms with Crippen molar-refractivity contribution in [3.63, 3.8) is 0 Å². The van der Waals surface area contributed by atoms with Crippen LogP contribution in [-0.2, 0) is 6.42 Å². The van der Waals surface area contributed by atoms with Crippen LogP contribution in [0.2, 0.25) is 0 Å². The Balaban J connectivity index is 1.53. The van der Waals surface area contributed by atoms with Gasteiger partial charge in [0.2, 0.25) is 0 Å². The Kier molecular flexibility index (Phi) is 6.38. The van der Waals surface area contributed by atoms with E-state index in [4.69, 9.17) is 0 Å². The zero-order valence-electron chi connectivity index (χ0n) is 16.0. The summed E-state index contributed by atoms with van der Waals surface area (Å²) in [6.07, 6.45) is 14.5. The molecule has 0 bridgehead atoms. The lowest BCUT2D eigenvalue weighted by Crippen LogP contribution is -2.49. The average Bonchev–Trinajstić information content (AvgIpc) is 2.61. The van der Waals surface area contributed by atoms with Crippen molar-refractivity contribution in [3.05, 3.63) is 35.4 Å². The van der Waals surface area contributed by atoms with Gasteiger partial charge in [0.1, 0.15) is 0 Å². The smallest absolute Gasteiger partial charge is 0.00219 e. The van der Waals surface area contributed by atoms with Crippen LogP contribution in [0.25, 0.3) is 0 Å². The van der Waals surface area contributed by atoms with Crippen molar-refractivity contribution in [2.24, 2.45) is 11.3 Å². The molecular formula is C23H37N. The van der Waals surface area contributed by atoms with E-state index >= 15 is 0 Å². The molecule has 3 rings (SSSR count). The summed E-state index contributed by atoms with van der Waals surface area (Å²) in [7, 11) is 0. The highest BCUT2D eigenvalue weighted by atomic mass is 15.1. The Morgan fingerprint density at radius 2 is 1.92 bits per heavy atom. The number of rotatable bonds is 7. The lowest BCUT2D eigenvalue weighted by Gasteiger charge is -2.51. The van der Waals surface area contributed by atoms with E-state index < -0.39 is 0 Å². The van der Waals surface area contributed by atoms with Gasteiger partial charge in [-0.15, -0.1) is 0 Å². The summed E-state index contributed by atoms with van der Waals surface area (Å²) in [6, 6.07) is 9.14. The molecule has 2 aliphatic rings. The molecule has 1 heteroatoms. The van der Waals surface area contributed by atoms with Gasteiger partial charge in [0.25, 0.3) is 0 Å². The van der Waals surface area contributed by atoms with Gasteiger partial charge < -0.3 is 4.90 Å². The lowest BCUT2D eigenvalue weighted by atomic mass is 9.60. The van der Waals surface area contributed by atoms with Crippen LogP contribution >= 0.6 is 0 Å². The van der Waals surface area contributed by atoms with Gasteiger partial charge >= 0.3 is 0 Å². The maximum absolute atomic E-state index is 2.77. The fourth-order valence-electron chi connectivity index (χ4n) is 5.20. The summed E-state index contributed by atoms with van der Waals surface area (Å²) in [6.45, 7) is 8.48. The number of likely N-dealkylation sites (tertiary alicyclic amines) is 1. The summed E-state index contributed by atoms with van der Waals surface area (Å²) >= 11 is 0. The van der Waals surface area contributed by atoms with Crippen LogP contribution < -0.4 is 0 Å². The first-order valence-corrected chi connectivity index (χ1v) is 10.5. The molecule has 2 fully saturated rings. The summed E-state index contributed by atoms with van der Waals surface area (Å²) in [5.41, 5.74) is 3.59. The van der Waals surface area contributed by atoms with Crippen molar-refractivity contribution in [1.82, 2.24) is 4.90 Å². The minimum Gasteiger partial charge on any atom is -0.303 e. The van der Waals surface area contributed by atoms with E-state index in [1.165, 1.54) is 95.0 Å². The molecule has 1 aromatic carbocycles. The van der Waals surface area contributed by atoms with Gasteiger partial charge in [-0.25, -0.2) is 0 Å². The van der Waals surface area contributed by atoms with Crippen molar-refractivity contribution < 1.29 is 0 Å². The highest BCUT2D eigenvalue weighted by Gasteiger charge is 2.43. The minimum absolute atomic E-state index is 0.716. The molecule has 1 heterocycles. The molecule has 0 amide bonds. The fourth-order valence-corrected chi connectivity index (χ4v) is 5.20. The molecule has 0 N–H and O–H groups in total. The maximum Gasteiger partial charge on any atom is 0.00219 e. The molecule has 1 aliphatic carbocycles. The zero-order valence-corrected chi connectivity index (χ0v) is 16.0. The Bertz CT molecular complexity index is 491. The Morgan fingerprint density at radius 1 is 1.08 bits per heavy atom. The van der Waals surface area contributed by atoms with Crippen LogP contribution in [0.3, 0.4) is 0 Å². The normalized spacial score (nSPS) is 27.8. The first-order chi connectivity index (χ1) is 11.7. The van der Waals surface area contributed by atoms with Crippen molar-refractivity contribution in [1.29, 1.82) is 0 Å². The van der Waals surface area contributed by atoms with E-state index in [0.29, 0.717) is 5.41 Å². The van der Waals surface area contributed by atoms with Crippen molar-refractivity contribution >= 4 is 0 Å². The van der Waals surface area contributed by atoms with Crippen LogP contribution in [0.15, 0.2) is 24.3 Å². The monoisotopic (exact) mass is 327 g/mol. The SMILES string of the molecule is CCCCC[C@]12CCCC[C@@H]1CN(CCc1ccc(C)cc1)CC2. The molecule has 1 nitrogen and oxygen atoms in total. The van der Waals surface area contributed by atoms with Crippen LogP contribution in [0.5, 0.6) is 0 Å². The number of nitrogens with zero attached hydrogens (tertiary/aromatic N) is 1. The van der Waals surface area contributed by atoms with Crippen molar-refractivity contribution in [3.8, 4) is 0 Å². The van der Waals surface area contributed by atoms with E-state index in [1.807, 2.05) is 0 Å². The molecule has 1 aromatic rings. The predicted molar refractivity (Wildman–Crippen MR) is 104 cm³/mol. The van der Waals surface area contributed by atoms with E-state index in [9.17, 15) is 0 Å². The van der Waals surface area contributed by atoms with E-state index in [-0.39, 0.29) is 0 Å². The van der Waals surface area contributed by atoms with Gasteiger partial charge in [-0.1, -0.05) is 68.9 Å². The highest BCUT2D eigenvalue weighted by molar-refractivity contribution is 5.21. The van der Waals surface area contributed by atoms with E-state index in [1.54, 1.807) is 0 Å². The summed E-state index contributed by atoms with van der Waals surface area (Å²) < 4.78 is 0. The molecule has 1 aliphatic heterocycles. The topological polar surface area (TPSA) is 3.24 Å². The molecule has 24 heavy (non-hydrogen) atoms. The predicted octanol–water partition coefficient (Wildman–Crippen LogP) is 6.00.